The molecule has 20 nitrogen and oxygen atoms in total. The molecule has 0 aliphatic carbocycles. The number of nitrogens with two attached hydrogens (primary N) is 3. The summed E-state index contributed by atoms with van der Waals surface area (Å²) in [5.74, 6) is -6.51. The maximum absolute atomic E-state index is 14.3. The van der Waals surface area contributed by atoms with Crippen LogP contribution in [0.2, 0.25) is 0 Å². The minimum Gasteiger partial charge on any atom is -0.481 e. The Morgan fingerprint density at radius 2 is 1.64 bits per heavy atom. The summed E-state index contributed by atoms with van der Waals surface area (Å²) in [6.45, 7) is -0.380. The van der Waals surface area contributed by atoms with E-state index in [0.717, 1.165) is 10.9 Å². The summed E-state index contributed by atoms with van der Waals surface area (Å²) in [5, 5.41) is 23.0. The lowest BCUT2D eigenvalue weighted by Crippen LogP contribution is -2.59. The first-order valence-electron chi connectivity index (χ1n) is 17.9. The number of amides is 7. The van der Waals surface area contributed by atoms with Gasteiger partial charge >= 0.3 is 5.97 Å². The van der Waals surface area contributed by atoms with E-state index in [-0.39, 0.29) is 62.7 Å². The molecule has 1 unspecified atom stereocenters. The lowest BCUT2D eigenvalue weighted by Gasteiger charge is -2.30. The molecule has 2 aromatic rings. The smallest absolute Gasteiger partial charge is 0.305 e. The zero-order valence-corrected chi connectivity index (χ0v) is 32.0. The number of rotatable bonds is 9. The number of hydrogen-bond acceptors (Lipinski definition) is 11. The van der Waals surface area contributed by atoms with Gasteiger partial charge in [0.05, 0.1) is 13.0 Å². The van der Waals surface area contributed by atoms with Gasteiger partial charge in [0, 0.05) is 54.5 Å². The van der Waals surface area contributed by atoms with E-state index < -0.39 is 90.5 Å². The highest BCUT2D eigenvalue weighted by Crippen LogP contribution is 2.25. The molecule has 2 fully saturated rings. The van der Waals surface area contributed by atoms with Crippen molar-refractivity contribution in [3.8, 4) is 0 Å². The van der Waals surface area contributed by atoms with Crippen molar-refractivity contribution >= 4 is 85.8 Å². The fraction of sp³-hybridized carbons (Fsp3) is 0.500. The SMILES string of the molecule is NC(=O)C1CSSCCC(=O)N[C@@H](CCCN=C(N)N)C(=O)NCC(=O)N[C@@H](CC(=O)O)C(=O)N[C@H](Cc2c[nH]c3ccccc23)C(=O)N2CCC[C@H]2C(=O)N1. The Bertz CT molecular complexity index is 1820. The average molecular weight is 818 g/mol. The summed E-state index contributed by atoms with van der Waals surface area (Å²) in [6, 6.07) is 1.01. The second-order valence-corrected chi connectivity index (χ2v) is 15.8. The minimum absolute atomic E-state index is 0.0335. The number of aliphatic imine (C=N–C) groups is 1. The van der Waals surface area contributed by atoms with Crippen LogP contribution >= 0.6 is 21.6 Å². The molecule has 0 spiro atoms. The van der Waals surface area contributed by atoms with Crippen molar-refractivity contribution in [1.29, 1.82) is 0 Å². The Morgan fingerprint density at radius 3 is 2.38 bits per heavy atom. The first-order chi connectivity index (χ1) is 26.7. The van der Waals surface area contributed by atoms with E-state index in [1.54, 1.807) is 12.3 Å². The van der Waals surface area contributed by atoms with E-state index in [1.165, 1.54) is 26.5 Å². The lowest BCUT2D eigenvalue weighted by atomic mass is 10.0. The lowest BCUT2D eigenvalue weighted by molar-refractivity contribution is -0.143. The van der Waals surface area contributed by atoms with E-state index in [0.29, 0.717) is 12.0 Å². The fourth-order valence-corrected chi connectivity index (χ4v) is 8.39. The van der Waals surface area contributed by atoms with Crippen molar-refractivity contribution in [2.45, 2.75) is 75.2 Å². The molecule has 3 heterocycles. The number of fused-ring (bicyclic) bond motifs is 2. The Hall–Kier alpha value is -5.51. The third-order valence-corrected chi connectivity index (χ3v) is 11.4. The number of carboxylic acid groups (broad SMARTS) is 1. The Labute approximate surface area is 329 Å². The number of primary amides is 1. The molecule has 0 radical (unpaired) electrons. The second kappa shape index (κ2) is 21.0. The Morgan fingerprint density at radius 1 is 0.893 bits per heavy atom. The maximum Gasteiger partial charge on any atom is 0.305 e. The highest BCUT2D eigenvalue weighted by Gasteiger charge is 2.40. The van der Waals surface area contributed by atoms with Crippen LogP contribution in [0.1, 0.15) is 44.1 Å². The number of para-hydroxylation sites is 1. The number of nitrogens with zero attached hydrogens (tertiary/aromatic N) is 2. The van der Waals surface area contributed by atoms with Crippen molar-refractivity contribution in [1.82, 2.24) is 36.5 Å². The van der Waals surface area contributed by atoms with Gasteiger partial charge in [0.2, 0.25) is 41.4 Å². The van der Waals surface area contributed by atoms with Gasteiger partial charge in [-0.2, -0.15) is 0 Å². The fourth-order valence-electron chi connectivity index (χ4n) is 6.23. The van der Waals surface area contributed by atoms with Gasteiger partial charge in [-0.15, -0.1) is 0 Å². The highest BCUT2D eigenvalue weighted by molar-refractivity contribution is 8.76. The second-order valence-electron chi connectivity index (χ2n) is 13.1. The van der Waals surface area contributed by atoms with E-state index in [2.05, 4.69) is 36.6 Å². The molecule has 5 atom stereocenters. The molecular formula is C34H47N11O9S2. The summed E-state index contributed by atoms with van der Waals surface area (Å²) < 4.78 is 0. The van der Waals surface area contributed by atoms with Gasteiger partial charge < -0.3 is 58.8 Å². The quantitative estimate of drug-likeness (QED) is 0.0545. The van der Waals surface area contributed by atoms with Gasteiger partial charge in [-0.25, -0.2) is 0 Å². The number of aromatic amines is 1. The number of H-pyrrole nitrogens is 1. The molecule has 7 amide bonds. The molecule has 56 heavy (non-hydrogen) atoms. The zero-order valence-electron chi connectivity index (χ0n) is 30.4. The van der Waals surface area contributed by atoms with Crippen molar-refractivity contribution in [3.63, 3.8) is 0 Å². The molecule has 22 heteroatoms. The average Bonchev–Trinajstić information content (AvgIpc) is 3.81. The summed E-state index contributed by atoms with van der Waals surface area (Å²) >= 11 is 0. The summed E-state index contributed by atoms with van der Waals surface area (Å²) in [7, 11) is 2.43. The number of benzene rings is 1. The van der Waals surface area contributed by atoms with Gasteiger partial charge in [0.15, 0.2) is 5.96 Å². The standard InChI is InChI=1S/C34H47N11O9S2/c35-29(50)24-17-56-55-12-9-26(46)41-21(7-3-10-38-34(36)37)30(51)40-16-27(47)42-22(14-28(48)49)31(52)43-23(13-18-15-39-20-6-2-1-5-19(18)20)33(54)45-11-4-8-25(45)32(53)44-24/h1-2,5-6,15,21-25,39H,3-4,7-14,16-17H2,(H2,35,50)(H,40,51)(H,41,46)(H,42,47)(H,43,52)(H,44,53)(H,48,49)(H4,36,37,38)/t21-,22-,23+,24?,25-/m0/s1. The van der Waals surface area contributed by atoms with Gasteiger partial charge in [0.25, 0.3) is 0 Å². The number of carbonyl (C=O) groups is 8. The van der Waals surface area contributed by atoms with Crippen LogP contribution in [0.25, 0.3) is 10.9 Å². The van der Waals surface area contributed by atoms with Crippen LogP contribution in [0.4, 0.5) is 0 Å². The van der Waals surface area contributed by atoms with E-state index in [9.17, 15) is 43.5 Å². The van der Waals surface area contributed by atoms with Gasteiger partial charge in [0.1, 0.15) is 30.2 Å². The zero-order chi connectivity index (χ0) is 40.8. The highest BCUT2D eigenvalue weighted by atomic mass is 33.1. The summed E-state index contributed by atoms with van der Waals surface area (Å²) in [5.41, 5.74) is 17.8. The molecule has 4 rings (SSSR count). The number of guanidine groups is 1. The van der Waals surface area contributed by atoms with Crippen LogP contribution in [-0.4, -0.2) is 130 Å². The monoisotopic (exact) mass is 817 g/mol. The first kappa shape index (κ1) is 43.2. The summed E-state index contributed by atoms with van der Waals surface area (Å²) in [6.07, 6.45) is 1.76. The van der Waals surface area contributed by atoms with Crippen LogP contribution in [0.5, 0.6) is 0 Å². The number of carbonyl (C=O) groups excluding carboxylic acids is 7. The van der Waals surface area contributed by atoms with Crippen molar-refractivity contribution < 1.29 is 43.5 Å². The molecular weight excluding hydrogens is 771 g/mol. The number of aliphatic carboxylic acids is 1. The van der Waals surface area contributed by atoms with E-state index >= 15 is 0 Å². The predicted octanol–water partition coefficient (Wildman–Crippen LogP) is -2.44. The van der Waals surface area contributed by atoms with E-state index in [1.807, 2.05) is 18.2 Å². The molecule has 1 aromatic carbocycles. The number of hydrogen-bond donors (Lipinski definition) is 10. The molecule has 304 valence electrons. The number of carboxylic acids is 1. The molecule has 2 saturated heterocycles. The van der Waals surface area contributed by atoms with Crippen molar-refractivity contribution in [2.75, 3.05) is 31.1 Å². The van der Waals surface area contributed by atoms with E-state index in [4.69, 9.17) is 17.2 Å². The molecule has 1 aromatic heterocycles. The predicted molar refractivity (Wildman–Crippen MR) is 208 cm³/mol. The third-order valence-electron chi connectivity index (χ3n) is 8.99. The Kier molecular flexibility index (Phi) is 16.2. The normalized spacial score (nSPS) is 23.9. The maximum atomic E-state index is 14.3. The third kappa shape index (κ3) is 12.8. The van der Waals surface area contributed by atoms with Crippen LogP contribution in [0, 0.1) is 0 Å². The van der Waals surface area contributed by atoms with Crippen molar-refractivity contribution in [2.24, 2.45) is 22.2 Å². The first-order valence-corrected chi connectivity index (χ1v) is 20.4. The van der Waals surface area contributed by atoms with Gasteiger partial charge in [-0.05, 0) is 37.3 Å². The van der Waals surface area contributed by atoms with Crippen LogP contribution < -0.4 is 43.8 Å². The van der Waals surface area contributed by atoms with Gasteiger partial charge in [-0.1, -0.05) is 39.8 Å². The molecule has 0 saturated carbocycles. The minimum atomic E-state index is -1.68. The number of nitrogens with one attached hydrogen (secondary N) is 6. The molecule has 0 bridgehead atoms. The van der Waals surface area contributed by atoms with Crippen LogP contribution in [-0.2, 0) is 44.8 Å². The largest absolute Gasteiger partial charge is 0.481 e. The van der Waals surface area contributed by atoms with Crippen LogP contribution in [0.3, 0.4) is 0 Å². The van der Waals surface area contributed by atoms with Crippen LogP contribution in [0.15, 0.2) is 35.5 Å². The molecule has 2 aliphatic heterocycles. The van der Waals surface area contributed by atoms with Crippen molar-refractivity contribution in [3.05, 3.63) is 36.0 Å². The summed E-state index contributed by atoms with van der Waals surface area (Å²) in [4.78, 5) is 113. The number of aromatic nitrogens is 1. The molecule has 13 N–H and O–H groups in total. The molecule has 2 aliphatic rings. The topological polar surface area (TPSA) is 326 Å². The van der Waals surface area contributed by atoms with Gasteiger partial charge in [-0.3, -0.25) is 43.3 Å². The Balaban J connectivity index is 1.63.